The van der Waals surface area contributed by atoms with Gasteiger partial charge < -0.3 is 10.6 Å². The fraction of sp³-hybridized carbons (Fsp3) is 0.600. The molecule has 0 bridgehead atoms. The molecule has 1 atom stereocenters. The molecule has 2 aliphatic rings. The summed E-state index contributed by atoms with van der Waals surface area (Å²) >= 11 is 1.72. The standard InChI is InChI=1S/C15H21FN2S/c16-12-1-3-14(4-2-12)19-9-13(17)5-8-18-10-15(11-18)6-7-15/h1-4,13H,5-11,17H2/t13-/m1/s1. The summed E-state index contributed by atoms with van der Waals surface area (Å²) in [5.41, 5.74) is 6.88. The van der Waals surface area contributed by atoms with Crippen LogP contribution in [0.3, 0.4) is 0 Å². The first kappa shape index (κ1) is 13.4. The zero-order valence-corrected chi connectivity index (χ0v) is 12.0. The van der Waals surface area contributed by atoms with Gasteiger partial charge in [0.2, 0.25) is 0 Å². The lowest BCUT2D eigenvalue weighted by molar-refractivity contribution is 0.0792. The van der Waals surface area contributed by atoms with E-state index in [1.54, 1.807) is 11.8 Å². The molecule has 4 heteroatoms. The van der Waals surface area contributed by atoms with Crippen molar-refractivity contribution in [1.29, 1.82) is 0 Å². The third-order valence-electron chi connectivity index (χ3n) is 4.17. The number of nitrogens with two attached hydrogens (primary N) is 1. The number of hydrogen-bond acceptors (Lipinski definition) is 3. The molecule has 0 unspecified atom stereocenters. The van der Waals surface area contributed by atoms with Gasteiger partial charge in [0.05, 0.1) is 0 Å². The first-order chi connectivity index (χ1) is 9.15. The van der Waals surface area contributed by atoms with Crippen molar-refractivity contribution in [3.8, 4) is 0 Å². The van der Waals surface area contributed by atoms with Crippen LogP contribution in [0.4, 0.5) is 4.39 Å². The van der Waals surface area contributed by atoms with E-state index in [0.717, 1.165) is 29.0 Å². The van der Waals surface area contributed by atoms with E-state index in [-0.39, 0.29) is 11.9 Å². The Labute approximate surface area is 118 Å². The van der Waals surface area contributed by atoms with Gasteiger partial charge in [0.25, 0.3) is 0 Å². The van der Waals surface area contributed by atoms with Crippen LogP contribution in [-0.4, -0.2) is 36.3 Å². The minimum Gasteiger partial charge on any atom is -0.327 e. The van der Waals surface area contributed by atoms with Gasteiger partial charge in [-0.15, -0.1) is 11.8 Å². The van der Waals surface area contributed by atoms with Gasteiger partial charge in [-0.25, -0.2) is 4.39 Å². The minimum absolute atomic E-state index is 0.180. The average molecular weight is 280 g/mol. The van der Waals surface area contributed by atoms with Gasteiger partial charge >= 0.3 is 0 Å². The molecular weight excluding hydrogens is 259 g/mol. The molecule has 1 aliphatic heterocycles. The quantitative estimate of drug-likeness (QED) is 0.812. The molecule has 2 fully saturated rings. The molecular formula is C15H21FN2S. The van der Waals surface area contributed by atoms with Gasteiger partial charge in [0.15, 0.2) is 0 Å². The van der Waals surface area contributed by atoms with Crippen LogP contribution in [0, 0.1) is 11.2 Å². The Morgan fingerprint density at radius 1 is 1.26 bits per heavy atom. The Balaban J connectivity index is 1.32. The maximum absolute atomic E-state index is 12.8. The number of thioether (sulfide) groups is 1. The van der Waals surface area contributed by atoms with Crippen molar-refractivity contribution in [2.45, 2.75) is 30.2 Å². The molecule has 1 saturated carbocycles. The lowest BCUT2D eigenvalue weighted by atomic mass is 9.96. The van der Waals surface area contributed by atoms with Gasteiger partial charge in [0.1, 0.15) is 5.82 Å². The van der Waals surface area contributed by atoms with E-state index in [4.69, 9.17) is 5.73 Å². The number of nitrogens with zero attached hydrogens (tertiary/aromatic N) is 1. The Hall–Kier alpha value is -0.580. The van der Waals surface area contributed by atoms with E-state index in [2.05, 4.69) is 4.90 Å². The molecule has 0 amide bonds. The van der Waals surface area contributed by atoms with E-state index in [9.17, 15) is 4.39 Å². The highest BCUT2D eigenvalue weighted by Gasteiger charge is 2.51. The second-order valence-corrected chi connectivity index (χ2v) is 7.12. The maximum Gasteiger partial charge on any atom is 0.123 e. The average Bonchev–Trinajstić information content (AvgIpc) is 3.15. The van der Waals surface area contributed by atoms with E-state index in [1.165, 1.54) is 38.1 Å². The Bertz CT molecular complexity index is 422. The molecule has 1 aromatic carbocycles. The van der Waals surface area contributed by atoms with Gasteiger partial charge in [-0.2, -0.15) is 0 Å². The first-order valence-electron chi connectivity index (χ1n) is 7.02. The number of likely N-dealkylation sites (tertiary alicyclic amines) is 1. The predicted octanol–water partition coefficient (Wildman–Crippen LogP) is 2.73. The van der Waals surface area contributed by atoms with Crippen LogP contribution in [0.15, 0.2) is 29.2 Å². The largest absolute Gasteiger partial charge is 0.327 e. The summed E-state index contributed by atoms with van der Waals surface area (Å²) in [6.07, 6.45) is 3.94. The number of rotatable bonds is 6. The summed E-state index contributed by atoms with van der Waals surface area (Å²) in [5, 5.41) is 0. The van der Waals surface area contributed by atoms with Crippen molar-refractivity contribution >= 4 is 11.8 Å². The molecule has 1 heterocycles. The van der Waals surface area contributed by atoms with E-state index < -0.39 is 0 Å². The Morgan fingerprint density at radius 3 is 2.58 bits per heavy atom. The molecule has 3 rings (SSSR count). The lowest BCUT2D eigenvalue weighted by Gasteiger charge is -2.40. The van der Waals surface area contributed by atoms with Crippen LogP contribution in [0.1, 0.15) is 19.3 Å². The van der Waals surface area contributed by atoms with Gasteiger partial charge in [-0.1, -0.05) is 0 Å². The normalized spacial score (nSPS) is 22.2. The van der Waals surface area contributed by atoms with Crippen LogP contribution in [-0.2, 0) is 0 Å². The molecule has 1 spiro atoms. The summed E-state index contributed by atoms with van der Waals surface area (Å²) in [5.74, 6) is 0.727. The van der Waals surface area contributed by atoms with E-state index in [1.807, 2.05) is 12.1 Å². The van der Waals surface area contributed by atoms with Crippen LogP contribution >= 0.6 is 11.8 Å². The zero-order chi connectivity index (χ0) is 13.3. The second kappa shape index (κ2) is 5.43. The topological polar surface area (TPSA) is 29.3 Å². The van der Waals surface area contributed by atoms with Crippen LogP contribution < -0.4 is 5.73 Å². The van der Waals surface area contributed by atoms with Crippen molar-refractivity contribution in [2.75, 3.05) is 25.4 Å². The molecule has 104 valence electrons. The van der Waals surface area contributed by atoms with Crippen molar-refractivity contribution < 1.29 is 4.39 Å². The van der Waals surface area contributed by atoms with Gasteiger partial charge in [-0.05, 0) is 55.5 Å². The predicted molar refractivity (Wildman–Crippen MR) is 77.8 cm³/mol. The van der Waals surface area contributed by atoms with Crippen LogP contribution in [0.5, 0.6) is 0 Å². The highest BCUT2D eigenvalue weighted by atomic mass is 32.2. The fourth-order valence-electron chi connectivity index (χ4n) is 2.72. The zero-order valence-electron chi connectivity index (χ0n) is 11.1. The molecule has 1 saturated heterocycles. The minimum atomic E-state index is -0.180. The molecule has 2 N–H and O–H groups in total. The van der Waals surface area contributed by atoms with Crippen molar-refractivity contribution in [3.63, 3.8) is 0 Å². The third kappa shape index (κ3) is 3.50. The maximum atomic E-state index is 12.8. The van der Waals surface area contributed by atoms with Gasteiger partial charge in [-0.3, -0.25) is 0 Å². The van der Waals surface area contributed by atoms with E-state index in [0.29, 0.717) is 0 Å². The lowest BCUT2D eigenvalue weighted by Crippen LogP contribution is -2.49. The first-order valence-corrected chi connectivity index (χ1v) is 8.00. The highest BCUT2D eigenvalue weighted by molar-refractivity contribution is 7.99. The molecule has 1 aliphatic carbocycles. The van der Waals surface area contributed by atoms with Crippen molar-refractivity contribution in [1.82, 2.24) is 4.90 Å². The third-order valence-corrected chi connectivity index (χ3v) is 5.37. The highest BCUT2D eigenvalue weighted by Crippen LogP contribution is 2.52. The number of hydrogen-bond donors (Lipinski definition) is 1. The summed E-state index contributed by atoms with van der Waals surface area (Å²) in [6.45, 7) is 3.72. The number of benzene rings is 1. The summed E-state index contributed by atoms with van der Waals surface area (Å²) < 4.78 is 12.8. The summed E-state index contributed by atoms with van der Waals surface area (Å²) in [4.78, 5) is 3.62. The summed E-state index contributed by atoms with van der Waals surface area (Å²) in [6, 6.07) is 6.87. The monoisotopic (exact) mass is 280 g/mol. The van der Waals surface area contributed by atoms with E-state index >= 15 is 0 Å². The fourth-order valence-corrected chi connectivity index (χ4v) is 3.62. The molecule has 2 nitrogen and oxygen atoms in total. The van der Waals surface area contributed by atoms with Crippen LogP contribution in [0.25, 0.3) is 0 Å². The molecule has 19 heavy (non-hydrogen) atoms. The van der Waals surface area contributed by atoms with Crippen molar-refractivity contribution in [3.05, 3.63) is 30.1 Å². The van der Waals surface area contributed by atoms with Crippen molar-refractivity contribution in [2.24, 2.45) is 11.1 Å². The number of halogens is 1. The summed E-state index contributed by atoms with van der Waals surface area (Å²) in [7, 11) is 0. The Kier molecular flexibility index (Phi) is 3.83. The molecule has 0 aromatic heterocycles. The smallest absolute Gasteiger partial charge is 0.123 e. The Morgan fingerprint density at radius 2 is 1.95 bits per heavy atom. The van der Waals surface area contributed by atoms with Crippen LogP contribution in [0.2, 0.25) is 0 Å². The van der Waals surface area contributed by atoms with Gasteiger partial charge in [0, 0.05) is 29.8 Å². The molecule has 0 radical (unpaired) electrons. The second-order valence-electron chi connectivity index (χ2n) is 6.02. The molecule has 1 aromatic rings. The SMILES string of the molecule is N[C@H](CCN1CC2(CC2)C1)CSc1ccc(F)cc1.